The van der Waals surface area contributed by atoms with Gasteiger partial charge < -0.3 is 14.8 Å². The number of pyridine rings is 1. The number of aromatic nitrogens is 1. The number of carbonyl (C=O) groups is 2. The fraction of sp³-hybridized carbons (Fsp3) is 0.0714. The van der Waals surface area contributed by atoms with Crippen LogP contribution < -0.4 is 5.56 Å². The largest absolute Gasteiger partial charge is 0.478 e. The summed E-state index contributed by atoms with van der Waals surface area (Å²) in [7, 11) is 1.28. The first-order valence-electron chi connectivity index (χ1n) is 5.67. The first-order chi connectivity index (χ1) is 9.52. The number of aromatic amines is 1. The molecule has 0 bridgehead atoms. The Balaban J connectivity index is 2.49. The number of carbonyl (C=O) groups excluding carboxylic acids is 1. The van der Waals surface area contributed by atoms with Gasteiger partial charge in [-0.15, -0.1) is 0 Å². The second kappa shape index (κ2) is 5.40. The molecule has 0 aliphatic rings. The van der Waals surface area contributed by atoms with Crippen molar-refractivity contribution in [2.75, 3.05) is 7.11 Å². The number of rotatable bonds is 3. The molecule has 1 heterocycles. The van der Waals surface area contributed by atoms with Crippen molar-refractivity contribution in [2.24, 2.45) is 0 Å². The third kappa shape index (κ3) is 2.59. The zero-order valence-corrected chi connectivity index (χ0v) is 10.5. The molecule has 6 heteroatoms. The summed E-state index contributed by atoms with van der Waals surface area (Å²) in [5.74, 6) is -1.67. The highest BCUT2D eigenvalue weighted by Gasteiger charge is 2.13. The highest BCUT2D eigenvalue weighted by Crippen LogP contribution is 2.22. The van der Waals surface area contributed by atoms with Gasteiger partial charge in [-0.1, -0.05) is 12.1 Å². The number of nitrogens with one attached hydrogen (secondary N) is 1. The highest BCUT2D eigenvalue weighted by molar-refractivity contribution is 5.96. The van der Waals surface area contributed by atoms with Crippen LogP contribution in [0.5, 0.6) is 0 Å². The lowest BCUT2D eigenvalue weighted by atomic mass is 10.0. The molecule has 0 spiro atoms. The Morgan fingerprint density at radius 3 is 2.40 bits per heavy atom. The maximum Gasteiger partial charge on any atom is 0.337 e. The van der Waals surface area contributed by atoms with Gasteiger partial charge in [-0.2, -0.15) is 0 Å². The molecule has 2 aromatic rings. The van der Waals surface area contributed by atoms with Crippen LogP contribution in [0.2, 0.25) is 0 Å². The Kier molecular flexibility index (Phi) is 3.65. The molecule has 1 aromatic heterocycles. The van der Waals surface area contributed by atoms with Crippen LogP contribution in [0, 0.1) is 0 Å². The fourth-order valence-corrected chi connectivity index (χ4v) is 1.79. The van der Waals surface area contributed by atoms with Crippen molar-refractivity contribution in [1.82, 2.24) is 4.98 Å². The van der Waals surface area contributed by atoms with Gasteiger partial charge in [0.25, 0.3) is 0 Å². The number of methoxy groups -OCH3 is 1. The van der Waals surface area contributed by atoms with Crippen LogP contribution in [0.3, 0.4) is 0 Å². The van der Waals surface area contributed by atoms with Crippen LogP contribution in [-0.4, -0.2) is 29.1 Å². The fourth-order valence-electron chi connectivity index (χ4n) is 1.79. The van der Waals surface area contributed by atoms with Gasteiger partial charge in [0.2, 0.25) is 5.56 Å². The second-order valence-corrected chi connectivity index (χ2v) is 4.00. The smallest absolute Gasteiger partial charge is 0.337 e. The number of aromatic carboxylic acids is 1. The topological polar surface area (TPSA) is 96.5 Å². The number of carboxylic acid groups (broad SMARTS) is 1. The number of benzene rings is 1. The Morgan fingerprint density at radius 2 is 1.85 bits per heavy atom. The molecule has 2 N–H and O–H groups in total. The minimum Gasteiger partial charge on any atom is -0.478 e. The van der Waals surface area contributed by atoms with Crippen LogP contribution in [-0.2, 0) is 4.74 Å². The number of H-pyrrole nitrogens is 1. The van der Waals surface area contributed by atoms with Gasteiger partial charge in [-0.3, -0.25) is 4.79 Å². The molecule has 0 radical (unpaired) electrons. The van der Waals surface area contributed by atoms with Crippen LogP contribution in [0.1, 0.15) is 20.7 Å². The summed E-state index contributed by atoms with van der Waals surface area (Å²) >= 11 is 0. The lowest BCUT2D eigenvalue weighted by Gasteiger charge is -2.06. The summed E-state index contributed by atoms with van der Waals surface area (Å²) in [4.78, 5) is 36.1. The third-order valence-corrected chi connectivity index (χ3v) is 2.77. The van der Waals surface area contributed by atoms with Crippen molar-refractivity contribution in [1.29, 1.82) is 0 Å². The van der Waals surface area contributed by atoms with E-state index in [1.165, 1.54) is 25.4 Å². The third-order valence-electron chi connectivity index (χ3n) is 2.77. The van der Waals surface area contributed by atoms with E-state index >= 15 is 0 Å². The quantitative estimate of drug-likeness (QED) is 0.826. The van der Waals surface area contributed by atoms with Crippen molar-refractivity contribution >= 4 is 11.9 Å². The molecule has 20 heavy (non-hydrogen) atoms. The number of hydrogen-bond acceptors (Lipinski definition) is 4. The van der Waals surface area contributed by atoms with E-state index in [0.717, 1.165) is 6.07 Å². The van der Waals surface area contributed by atoms with Crippen LogP contribution in [0.25, 0.3) is 11.1 Å². The van der Waals surface area contributed by atoms with E-state index in [2.05, 4.69) is 9.72 Å². The van der Waals surface area contributed by atoms with E-state index in [1.807, 2.05) is 0 Å². The maximum absolute atomic E-state index is 11.3. The summed E-state index contributed by atoms with van der Waals surface area (Å²) in [5.41, 5.74) is 0.717. The normalized spacial score (nSPS) is 10.1. The van der Waals surface area contributed by atoms with Gasteiger partial charge in [0, 0.05) is 17.8 Å². The number of hydrogen-bond donors (Lipinski definition) is 2. The van der Waals surface area contributed by atoms with Gasteiger partial charge >= 0.3 is 11.9 Å². The van der Waals surface area contributed by atoms with Gasteiger partial charge in [0.15, 0.2) is 0 Å². The minimum absolute atomic E-state index is 0.0976. The molecule has 0 aliphatic heterocycles. The van der Waals surface area contributed by atoms with E-state index in [4.69, 9.17) is 5.11 Å². The molecule has 102 valence electrons. The summed E-state index contributed by atoms with van der Waals surface area (Å²) in [6.45, 7) is 0. The average molecular weight is 273 g/mol. The van der Waals surface area contributed by atoms with Crippen molar-refractivity contribution in [3.63, 3.8) is 0 Å². The molecule has 0 saturated heterocycles. The van der Waals surface area contributed by atoms with Gasteiger partial charge in [0.05, 0.1) is 18.2 Å². The van der Waals surface area contributed by atoms with Gasteiger partial charge in [-0.25, -0.2) is 9.59 Å². The lowest BCUT2D eigenvalue weighted by molar-refractivity contribution is 0.0599. The first-order valence-corrected chi connectivity index (χ1v) is 5.67. The molecule has 0 fully saturated rings. The number of ether oxygens (including phenoxy) is 1. The maximum atomic E-state index is 11.3. The number of carboxylic acids is 1. The molecule has 1 aromatic carbocycles. The Morgan fingerprint density at radius 1 is 1.20 bits per heavy atom. The van der Waals surface area contributed by atoms with Crippen LogP contribution >= 0.6 is 0 Å². The Labute approximate surface area is 113 Å². The molecule has 0 saturated carbocycles. The van der Waals surface area contributed by atoms with Crippen molar-refractivity contribution in [3.05, 3.63) is 58.0 Å². The zero-order chi connectivity index (χ0) is 14.7. The van der Waals surface area contributed by atoms with E-state index < -0.39 is 17.5 Å². The number of esters is 1. The molecule has 0 aliphatic carbocycles. The molecule has 6 nitrogen and oxygen atoms in total. The van der Waals surface area contributed by atoms with Crippen molar-refractivity contribution in [2.45, 2.75) is 0 Å². The first kappa shape index (κ1) is 13.5. The highest BCUT2D eigenvalue weighted by atomic mass is 16.5. The molecule has 0 atom stereocenters. The van der Waals surface area contributed by atoms with Gasteiger partial charge in [-0.05, 0) is 17.7 Å². The second-order valence-electron chi connectivity index (χ2n) is 4.00. The molecular weight excluding hydrogens is 262 g/mol. The van der Waals surface area contributed by atoms with E-state index in [-0.39, 0.29) is 5.56 Å². The van der Waals surface area contributed by atoms with E-state index in [9.17, 15) is 14.4 Å². The predicted molar refractivity (Wildman–Crippen MR) is 70.8 cm³/mol. The van der Waals surface area contributed by atoms with Crippen molar-refractivity contribution < 1.29 is 19.4 Å². The molecule has 2 rings (SSSR count). The summed E-state index contributed by atoms with van der Waals surface area (Å²) in [5, 5.41) is 9.11. The Bertz CT molecular complexity index is 715. The van der Waals surface area contributed by atoms with E-state index in [1.54, 1.807) is 12.1 Å². The van der Waals surface area contributed by atoms with Gasteiger partial charge in [0.1, 0.15) is 0 Å². The predicted octanol–water partition coefficient (Wildman–Crippen LogP) is 1.53. The summed E-state index contributed by atoms with van der Waals surface area (Å²) in [6.07, 6.45) is 1.33. The average Bonchev–Trinajstić information content (AvgIpc) is 2.46. The molecule has 0 unspecified atom stereocenters. The van der Waals surface area contributed by atoms with Crippen LogP contribution in [0.15, 0.2) is 41.3 Å². The Hall–Kier alpha value is -2.89. The molecule has 0 amide bonds. The molecular formula is C14H11NO5. The van der Waals surface area contributed by atoms with Crippen molar-refractivity contribution in [3.8, 4) is 11.1 Å². The zero-order valence-electron chi connectivity index (χ0n) is 10.5. The summed E-state index contributed by atoms with van der Waals surface area (Å²) in [6, 6.07) is 7.25. The van der Waals surface area contributed by atoms with E-state index in [0.29, 0.717) is 16.7 Å². The SMILES string of the molecule is COC(=O)c1ccc(-c2c[nH]c(=O)cc2C(=O)O)cc1. The standard InChI is InChI=1S/C14H11NO5/c1-20-14(19)9-4-2-8(3-5-9)11-7-15-12(16)6-10(11)13(17)18/h2-7H,1H3,(H,15,16)(H,17,18). The lowest BCUT2D eigenvalue weighted by Crippen LogP contribution is -2.10. The summed E-state index contributed by atoms with van der Waals surface area (Å²) < 4.78 is 4.58. The monoisotopic (exact) mass is 273 g/mol. The minimum atomic E-state index is -1.19. The van der Waals surface area contributed by atoms with Crippen LogP contribution in [0.4, 0.5) is 0 Å².